The number of hydrogen-bond donors (Lipinski definition) is 1. The second-order valence-corrected chi connectivity index (χ2v) is 5.57. The number of nitrogen functional groups attached to an aromatic ring is 1. The van der Waals surface area contributed by atoms with Crippen LogP contribution < -0.4 is 10.5 Å². The predicted octanol–water partition coefficient (Wildman–Crippen LogP) is 4.64. The third-order valence-electron chi connectivity index (χ3n) is 3.05. The quantitative estimate of drug-likeness (QED) is 0.657. The van der Waals surface area contributed by atoms with Gasteiger partial charge in [-0.2, -0.15) is 0 Å². The van der Waals surface area contributed by atoms with Crippen LogP contribution in [0.25, 0.3) is 0 Å². The number of hydrogen-bond acceptors (Lipinski definition) is 3. The molecule has 0 saturated carbocycles. The molecule has 0 saturated heterocycles. The van der Waals surface area contributed by atoms with Crippen LogP contribution in [-0.2, 0) is 0 Å². The number of ketones is 1. The fourth-order valence-electron chi connectivity index (χ4n) is 2.03. The molecule has 2 aromatic carbocycles. The van der Waals surface area contributed by atoms with Gasteiger partial charge in [0.15, 0.2) is 5.78 Å². The Morgan fingerprint density at radius 2 is 1.70 bits per heavy atom. The van der Waals surface area contributed by atoms with Gasteiger partial charge in [0.1, 0.15) is 11.5 Å². The molecule has 104 valence electrons. The van der Waals surface area contributed by atoms with Crippen LogP contribution in [0.15, 0.2) is 34.8 Å². The Morgan fingerprint density at radius 3 is 2.20 bits per heavy atom. The number of carbonyl (C=O) groups is 1. The molecule has 0 bridgehead atoms. The van der Waals surface area contributed by atoms with E-state index in [1.165, 1.54) is 6.92 Å². The second-order valence-electron chi connectivity index (χ2n) is 4.78. The lowest BCUT2D eigenvalue weighted by molar-refractivity contribution is 0.101. The van der Waals surface area contributed by atoms with Gasteiger partial charge >= 0.3 is 0 Å². The van der Waals surface area contributed by atoms with Crippen LogP contribution in [0.4, 0.5) is 5.69 Å². The van der Waals surface area contributed by atoms with E-state index in [1.807, 2.05) is 26.0 Å². The number of anilines is 1. The number of Topliss-reactive ketones (excluding diaryl/α,β-unsaturated/α-hetero) is 1. The molecule has 3 nitrogen and oxygen atoms in total. The molecule has 4 heteroatoms. The molecule has 20 heavy (non-hydrogen) atoms. The van der Waals surface area contributed by atoms with Crippen molar-refractivity contribution in [3.8, 4) is 11.5 Å². The third-order valence-corrected chi connectivity index (χ3v) is 4.30. The number of aryl methyl sites for hydroxylation is 2. The van der Waals surface area contributed by atoms with Gasteiger partial charge in [-0.25, -0.2) is 0 Å². The maximum absolute atomic E-state index is 11.3. The van der Waals surface area contributed by atoms with Gasteiger partial charge in [0.05, 0.1) is 0 Å². The molecule has 0 fully saturated rings. The minimum atomic E-state index is -0.0515. The summed E-state index contributed by atoms with van der Waals surface area (Å²) in [5.74, 6) is 1.32. The zero-order valence-corrected chi connectivity index (χ0v) is 13.2. The van der Waals surface area contributed by atoms with Crippen LogP contribution in [0.1, 0.15) is 28.4 Å². The average Bonchev–Trinajstić information content (AvgIpc) is 2.35. The van der Waals surface area contributed by atoms with Gasteiger partial charge in [0.25, 0.3) is 0 Å². The summed E-state index contributed by atoms with van der Waals surface area (Å²) in [4.78, 5) is 11.3. The van der Waals surface area contributed by atoms with E-state index in [1.54, 1.807) is 18.2 Å². The van der Waals surface area contributed by atoms with Crippen molar-refractivity contribution >= 4 is 27.4 Å². The predicted molar refractivity (Wildman–Crippen MR) is 84.5 cm³/mol. The number of halogens is 1. The number of nitrogens with two attached hydrogens (primary N) is 1. The van der Waals surface area contributed by atoms with Crippen molar-refractivity contribution in [3.05, 3.63) is 51.5 Å². The van der Waals surface area contributed by atoms with Gasteiger partial charge < -0.3 is 10.5 Å². The number of benzene rings is 2. The highest BCUT2D eigenvalue weighted by molar-refractivity contribution is 9.10. The van der Waals surface area contributed by atoms with Crippen LogP contribution in [0.5, 0.6) is 11.5 Å². The monoisotopic (exact) mass is 333 g/mol. The van der Waals surface area contributed by atoms with Crippen LogP contribution in [-0.4, -0.2) is 5.78 Å². The van der Waals surface area contributed by atoms with Crippen molar-refractivity contribution in [1.29, 1.82) is 0 Å². The molecule has 0 aliphatic heterocycles. The highest BCUT2D eigenvalue weighted by Gasteiger charge is 2.08. The zero-order chi connectivity index (χ0) is 14.9. The summed E-state index contributed by atoms with van der Waals surface area (Å²) in [5.41, 5.74) is 9.01. The molecule has 0 amide bonds. The summed E-state index contributed by atoms with van der Waals surface area (Å²) in [5, 5.41) is 0. The van der Waals surface area contributed by atoms with E-state index in [0.29, 0.717) is 17.0 Å². The minimum absolute atomic E-state index is 0.0515. The molecule has 0 aliphatic carbocycles. The van der Waals surface area contributed by atoms with Crippen molar-refractivity contribution in [2.45, 2.75) is 20.8 Å². The van der Waals surface area contributed by atoms with Gasteiger partial charge in [0, 0.05) is 21.8 Å². The Labute approximate surface area is 126 Å². The molecule has 2 N–H and O–H groups in total. The van der Waals surface area contributed by atoms with E-state index in [4.69, 9.17) is 10.5 Å². The van der Waals surface area contributed by atoms with E-state index in [-0.39, 0.29) is 5.78 Å². The molecular weight excluding hydrogens is 318 g/mol. The molecule has 0 radical (unpaired) electrons. The van der Waals surface area contributed by atoms with Gasteiger partial charge in [-0.3, -0.25) is 4.79 Å². The average molecular weight is 334 g/mol. The topological polar surface area (TPSA) is 52.3 Å². The molecule has 2 rings (SSSR count). The number of carbonyl (C=O) groups excluding carboxylic acids is 1. The summed E-state index contributed by atoms with van der Waals surface area (Å²) in [6, 6.07) is 9.01. The van der Waals surface area contributed by atoms with Gasteiger partial charge in [0.2, 0.25) is 0 Å². The maximum atomic E-state index is 11.3. The molecule has 0 aromatic heterocycles. The summed E-state index contributed by atoms with van der Waals surface area (Å²) in [6.45, 7) is 5.52. The summed E-state index contributed by atoms with van der Waals surface area (Å²) >= 11 is 3.52. The standard InChI is InChI=1S/C16H16BrNO2/c1-9-6-13(7-10(2)16(9)17)20-12-4-5-14(11(3)19)15(18)8-12/h4-8H,18H2,1-3H3. The minimum Gasteiger partial charge on any atom is -0.457 e. The Hall–Kier alpha value is -1.81. The van der Waals surface area contributed by atoms with Crippen LogP contribution in [0, 0.1) is 13.8 Å². The van der Waals surface area contributed by atoms with Crippen molar-refractivity contribution in [3.63, 3.8) is 0 Å². The highest BCUT2D eigenvalue weighted by Crippen LogP contribution is 2.30. The van der Waals surface area contributed by atoms with Crippen LogP contribution in [0.2, 0.25) is 0 Å². The first-order valence-electron chi connectivity index (χ1n) is 6.23. The molecule has 0 aliphatic rings. The first-order chi connectivity index (χ1) is 9.38. The van der Waals surface area contributed by atoms with E-state index in [9.17, 15) is 4.79 Å². The second kappa shape index (κ2) is 5.67. The normalized spacial score (nSPS) is 10.4. The van der Waals surface area contributed by atoms with Crippen LogP contribution >= 0.6 is 15.9 Å². The summed E-state index contributed by atoms with van der Waals surface area (Å²) < 4.78 is 6.88. The first-order valence-corrected chi connectivity index (χ1v) is 7.03. The fraction of sp³-hybridized carbons (Fsp3) is 0.188. The maximum Gasteiger partial charge on any atom is 0.161 e. The molecule has 0 unspecified atom stereocenters. The molecule has 0 spiro atoms. The van der Waals surface area contributed by atoms with Crippen molar-refractivity contribution < 1.29 is 9.53 Å². The van der Waals surface area contributed by atoms with Crippen molar-refractivity contribution in [2.24, 2.45) is 0 Å². The Kier molecular flexibility index (Phi) is 4.14. The van der Waals surface area contributed by atoms with E-state index < -0.39 is 0 Å². The Morgan fingerprint density at radius 1 is 1.10 bits per heavy atom. The van der Waals surface area contributed by atoms with Crippen molar-refractivity contribution in [1.82, 2.24) is 0 Å². The largest absolute Gasteiger partial charge is 0.457 e. The van der Waals surface area contributed by atoms with Gasteiger partial charge in [-0.05, 0) is 56.2 Å². The third kappa shape index (κ3) is 3.02. The fourth-order valence-corrected chi connectivity index (χ4v) is 2.26. The smallest absolute Gasteiger partial charge is 0.161 e. The lowest BCUT2D eigenvalue weighted by atomic mass is 10.1. The summed E-state index contributed by atoms with van der Waals surface area (Å²) in [6.07, 6.45) is 0. The number of rotatable bonds is 3. The highest BCUT2D eigenvalue weighted by atomic mass is 79.9. The molecule has 0 heterocycles. The zero-order valence-electron chi connectivity index (χ0n) is 11.7. The molecule has 2 aromatic rings. The van der Waals surface area contributed by atoms with Crippen LogP contribution in [0.3, 0.4) is 0 Å². The first kappa shape index (κ1) is 14.6. The van der Waals surface area contributed by atoms with E-state index >= 15 is 0 Å². The molecule has 0 atom stereocenters. The lowest BCUT2D eigenvalue weighted by Crippen LogP contribution is -1.99. The SMILES string of the molecule is CC(=O)c1ccc(Oc2cc(C)c(Br)c(C)c2)cc1N. The lowest BCUT2D eigenvalue weighted by Gasteiger charge is -2.11. The Bertz CT molecular complexity index is 657. The number of ether oxygens (including phenoxy) is 1. The summed E-state index contributed by atoms with van der Waals surface area (Å²) in [7, 11) is 0. The Balaban J connectivity index is 2.31. The van der Waals surface area contributed by atoms with Gasteiger partial charge in [-0.1, -0.05) is 15.9 Å². The van der Waals surface area contributed by atoms with Gasteiger partial charge in [-0.15, -0.1) is 0 Å². The van der Waals surface area contributed by atoms with E-state index in [0.717, 1.165) is 21.3 Å². The van der Waals surface area contributed by atoms with E-state index in [2.05, 4.69) is 15.9 Å². The molecular formula is C16H16BrNO2. The van der Waals surface area contributed by atoms with Crippen molar-refractivity contribution in [2.75, 3.05) is 5.73 Å².